The smallest absolute Gasteiger partial charge is 0.264 e. The summed E-state index contributed by atoms with van der Waals surface area (Å²) in [5.74, 6) is -0.711. The third kappa shape index (κ3) is 7.30. The zero-order valence-electron chi connectivity index (χ0n) is 24.3. The first-order valence-electron chi connectivity index (χ1n) is 13.8. The van der Waals surface area contributed by atoms with Gasteiger partial charge in [0.1, 0.15) is 12.6 Å². The second-order valence-electron chi connectivity index (χ2n) is 10.3. The first-order valence-corrected chi connectivity index (χ1v) is 15.2. The van der Waals surface area contributed by atoms with Crippen molar-refractivity contribution in [2.24, 2.45) is 0 Å². The van der Waals surface area contributed by atoms with Gasteiger partial charge >= 0.3 is 0 Å². The molecule has 0 aromatic heterocycles. The third-order valence-electron chi connectivity index (χ3n) is 6.95. The number of hydrogen-bond acceptors (Lipinski definition) is 4. The van der Waals surface area contributed by atoms with Gasteiger partial charge < -0.3 is 10.2 Å². The largest absolute Gasteiger partial charge is 0.352 e. The van der Waals surface area contributed by atoms with E-state index in [0.717, 1.165) is 22.3 Å². The van der Waals surface area contributed by atoms with Gasteiger partial charge in [-0.05, 0) is 75.4 Å². The summed E-state index contributed by atoms with van der Waals surface area (Å²) in [5.41, 5.74) is 4.07. The zero-order valence-corrected chi connectivity index (χ0v) is 25.2. The summed E-state index contributed by atoms with van der Waals surface area (Å²) in [6, 6.07) is 20.7. The van der Waals surface area contributed by atoms with Crippen LogP contribution in [0.5, 0.6) is 0 Å². The molecule has 3 aromatic carbocycles. The Labute approximate surface area is 239 Å². The van der Waals surface area contributed by atoms with E-state index < -0.39 is 28.5 Å². The normalized spacial score (nSPS) is 12.2. The molecule has 1 N–H and O–H groups in total. The first kappa shape index (κ1) is 30.9. The van der Waals surface area contributed by atoms with Crippen LogP contribution in [0.1, 0.15) is 56.4 Å². The van der Waals surface area contributed by atoms with Gasteiger partial charge in [-0.15, -0.1) is 0 Å². The fourth-order valence-electron chi connectivity index (χ4n) is 4.68. The van der Waals surface area contributed by atoms with Crippen molar-refractivity contribution in [1.82, 2.24) is 10.2 Å². The van der Waals surface area contributed by atoms with E-state index in [1.54, 1.807) is 36.4 Å². The minimum absolute atomic E-state index is 0.104. The maximum absolute atomic E-state index is 14.2. The SMILES string of the molecule is CCc1ccccc1N(CC(=O)N(Cc1ccccc1C)C(CC)C(=O)NC(C)C)S(=O)(=O)c1ccc(C)cc1. The number of carbonyl (C=O) groups excluding carboxylic acids is 2. The summed E-state index contributed by atoms with van der Waals surface area (Å²) in [5, 5.41) is 2.93. The van der Waals surface area contributed by atoms with Crippen molar-refractivity contribution in [2.45, 2.75) is 77.9 Å². The van der Waals surface area contributed by atoms with E-state index in [0.29, 0.717) is 18.5 Å². The molecule has 214 valence electrons. The summed E-state index contributed by atoms with van der Waals surface area (Å²) in [4.78, 5) is 29.1. The Morgan fingerprint density at radius 2 is 1.45 bits per heavy atom. The number of nitrogens with zero attached hydrogens (tertiary/aromatic N) is 2. The highest BCUT2D eigenvalue weighted by Gasteiger charge is 2.34. The number of anilines is 1. The Bertz CT molecular complexity index is 1420. The monoisotopic (exact) mass is 563 g/mol. The maximum atomic E-state index is 14.2. The van der Waals surface area contributed by atoms with Gasteiger partial charge in [-0.25, -0.2) is 8.42 Å². The maximum Gasteiger partial charge on any atom is 0.264 e. The molecule has 0 radical (unpaired) electrons. The molecule has 0 saturated carbocycles. The van der Waals surface area contributed by atoms with Gasteiger partial charge in [-0.3, -0.25) is 13.9 Å². The highest BCUT2D eigenvalue weighted by molar-refractivity contribution is 7.92. The van der Waals surface area contributed by atoms with Gasteiger partial charge in [0.25, 0.3) is 10.0 Å². The second-order valence-corrected chi connectivity index (χ2v) is 12.2. The van der Waals surface area contributed by atoms with Gasteiger partial charge in [0.05, 0.1) is 10.6 Å². The van der Waals surface area contributed by atoms with Crippen molar-refractivity contribution < 1.29 is 18.0 Å². The lowest BCUT2D eigenvalue weighted by Crippen LogP contribution is -2.53. The average Bonchev–Trinajstić information content (AvgIpc) is 2.92. The molecule has 0 fully saturated rings. The highest BCUT2D eigenvalue weighted by Crippen LogP contribution is 2.28. The summed E-state index contributed by atoms with van der Waals surface area (Å²) < 4.78 is 29.3. The van der Waals surface area contributed by atoms with Crippen LogP contribution in [0.15, 0.2) is 77.7 Å². The average molecular weight is 564 g/mol. The molecule has 1 unspecified atom stereocenters. The van der Waals surface area contributed by atoms with Crippen molar-refractivity contribution in [1.29, 1.82) is 0 Å². The van der Waals surface area contributed by atoms with Crippen LogP contribution in [-0.4, -0.2) is 43.8 Å². The van der Waals surface area contributed by atoms with Crippen molar-refractivity contribution in [3.8, 4) is 0 Å². The Morgan fingerprint density at radius 3 is 2.02 bits per heavy atom. The minimum Gasteiger partial charge on any atom is -0.352 e. The molecule has 0 spiro atoms. The molecule has 3 aromatic rings. The summed E-state index contributed by atoms with van der Waals surface area (Å²) >= 11 is 0. The Morgan fingerprint density at radius 1 is 0.850 bits per heavy atom. The molecule has 0 aliphatic rings. The minimum atomic E-state index is -4.10. The van der Waals surface area contributed by atoms with E-state index in [1.807, 2.05) is 77.9 Å². The number of nitrogens with one attached hydrogen (secondary N) is 1. The van der Waals surface area contributed by atoms with Crippen LogP contribution in [0.25, 0.3) is 0 Å². The van der Waals surface area contributed by atoms with Crippen LogP contribution >= 0.6 is 0 Å². The van der Waals surface area contributed by atoms with Crippen molar-refractivity contribution in [2.75, 3.05) is 10.8 Å². The Kier molecular flexibility index (Phi) is 10.5. The van der Waals surface area contributed by atoms with Gasteiger partial charge in [-0.1, -0.05) is 74.0 Å². The number of para-hydroxylation sites is 1. The number of benzene rings is 3. The standard InChI is InChI=1S/C32H41N3O4S/c1-7-26-14-11-12-16-30(26)35(40(38,39)28-19-17-24(5)18-20-28)22-31(36)34(21-27-15-10-9-13-25(27)6)29(8-2)32(37)33-23(3)4/h9-20,23,29H,7-8,21-22H2,1-6H3,(H,33,37). The van der Waals surface area contributed by atoms with E-state index in [1.165, 1.54) is 9.21 Å². The summed E-state index contributed by atoms with van der Waals surface area (Å²) in [6.07, 6.45) is 0.970. The molecule has 0 aliphatic carbocycles. The van der Waals surface area contributed by atoms with Crippen LogP contribution in [0, 0.1) is 13.8 Å². The number of aryl methyl sites for hydroxylation is 3. The molecular weight excluding hydrogens is 522 g/mol. The van der Waals surface area contributed by atoms with Crippen LogP contribution in [0.4, 0.5) is 5.69 Å². The molecule has 0 aliphatic heterocycles. The van der Waals surface area contributed by atoms with Crippen LogP contribution in [0.2, 0.25) is 0 Å². The molecule has 0 heterocycles. The molecule has 8 heteroatoms. The second kappa shape index (κ2) is 13.6. The van der Waals surface area contributed by atoms with E-state index >= 15 is 0 Å². The number of sulfonamides is 1. The third-order valence-corrected chi connectivity index (χ3v) is 8.72. The number of amides is 2. The van der Waals surface area contributed by atoms with Gasteiger partial charge in [0, 0.05) is 12.6 Å². The van der Waals surface area contributed by atoms with Gasteiger partial charge in [0.2, 0.25) is 11.8 Å². The lowest BCUT2D eigenvalue weighted by Gasteiger charge is -2.34. The van der Waals surface area contributed by atoms with E-state index in [9.17, 15) is 18.0 Å². The highest BCUT2D eigenvalue weighted by atomic mass is 32.2. The molecule has 3 rings (SSSR count). The fourth-order valence-corrected chi connectivity index (χ4v) is 6.13. The predicted molar refractivity (Wildman–Crippen MR) is 161 cm³/mol. The molecular formula is C32H41N3O4S. The van der Waals surface area contributed by atoms with Crippen LogP contribution < -0.4 is 9.62 Å². The van der Waals surface area contributed by atoms with Crippen LogP contribution in [0.3, 0.4) is 0 Å². The summed E-state index contributed by atoms with van der Waals surface area (Å²) in [6.45, 7) is 11.1. The Balaban J connectivity index is 2.11. The van der Waals surface area contributed by atoms with Gasteiger partial charge in [0.15, 0.2) is 0 Å². The quantitative estimate of drug-likeness (QED) is 0.320. The predicted octanol–water partition coefficient (Wildman–Crippen LogP) is 5.39. The lowest BCUT2D eigenvalue weighted by atomic mass is 10.1. The van der Waals surface area contributed by atoms with Crippen molar-refractivity contribution in [3.05, 3.63) is 95.1 Å². The number of carbonyl (C=O) groups is 2. The molecule has 0 bridgehead atoms. The lowest BCUT2D eigenvalue weighted by molar-refractivity contribution is -0.140. The zero-order chi connectivity index (χ0) is 29.4. The number of rotatable bonds is 12. The topological polar surface area (TPSA) is 86.8 Å². The summed E-state index contributed by atoms with van der Waals surface area (Å²) in [7, 11) is -4.10. The van der Waals surface area contributed by atoms with Crippen molar-refractivity contribution >= 4 is 27.5 Å². The molecule has 40 heavy (non-hydrogen) atoms. The van der Waals surface area contributed by atoms with Crippen molar-refractivity contribution in [3.63, 3.8) is 0 Å². The first-order chi connectivity index (χ1) is 19.0. The van der Waals surface area contributed by atoms with Crippen LogP contribution in [-0.2, 0) is 32.6 Å². The van der Waals surface area contributed by atoms with E-state index in [-0.39, 0.29) is 23.4 Å². The molecule has 1 atom stereocenters. The van der Waals surface area contributed by atoms with Gasteiger partial charge in [-0.2, -0.15) is 0 Å². The molecule has 2 amide bonds. The molecule has 0 saturated heterocycles. The Hall–Kier alpha value is -3.65. The number of hydrogen-bond donors (Lipinski definition) is 1. The fraction of sp³-hybridized carbons (Fsp3) is 0.375. The van der Waals surface area contributed by atoms with E-state index in [4.69, 9.17) is 0 Å². The molecule has 7 nitrogen and oxygen atoms in total. The van der Waals surface area contributed by atoms with E-state index in [2.05, 4.69) is 5.32 Å².